The van der Waals surface area contributed by atoms with Crippen LogP contribution in [0, 0.1) is 0 Å². The maximum Gasteiger partial charge on any atom is 0.327 e. The molecule has 27 heavy (non-hydrogen) atoms. The second kappa shape index (κ2) is 12.8. The van der Waals surface area contributed by atoms with Gasteiger partial charge in [-0.3, -0.25) is 9.59 Å². The van der Waals surface area contributed by atoms with Crippen LogP contribution in [0.3, 0.4) is 0 Å². The van der Waals surface area contributed by atoms with E-state index in [0.717, 1.165) is 31.2 Å². The second-order valence-electron chi connectivity index (χ2n) is 6.49. The molecule has 1 aromatic rings. The average molecular weight is 414 g/mol. The van der Waals surface area contributed by atoms with Crippen molar-refractivity contribution in [3.05, 3.63) is 34.9 Å². The lowest BCUT2D eigenvalue weighted by molar-refractivity contribution is -0.140. The number of carbonyl (C=O) groups excluding carboxylic acids is 2. The van der Waals surface area contributed by atoms with Crippen LogP contribution in [0.15, 0.2) is 24.3 Å². The van der Waals surface area contributed by atoms with Crippen molar-refractivity contribution in [1.29, 1.82) is 0 Å². The van der Waals surface area contributed by atoms with Crippen LogP contribution in [-0.4, -0.2) is 34.6 Å². The van der Waals surface area contributed by atoms with Gasteiger partial charge in [-0.25, -0.2) is 4.79 Å². The van der Waals surface area contributed by atoms with Crippen molar-refractivity contribution in [3.8, 4) is 0 Å². The van der Waals surface area contributed by atoms with Crippen LogP contribution in [0.25, 0.3) is 0 Å². The molecule has 2 N–H and O–H groups in total. The topological polar surface area (TPSA) is 83.5 Å². The fourth-order valence-electron chi connectivity index (χ4n) is 2.69. The summed E-state index contributed by atoms with van der Waals surface area (Å²) >= 11 is 7.64. The Kier molecular flexibility index (Phi) is 11.1. The van der Waals surface area contributed by atoms with Gasteiger partial charge in [0.15, 0.2) is 0 Å². The molecule has 7 heteroatoms. The summed E-state index contributed by atoms with van der Waals surface area (Å²) in [5.41, 5.74) is 0.818. The van der Waals surface area contributed by atoms with E-state index in [-0.39, 0.29) is 16.8 Å². The minimum atomic E-state index is -1.10. The van der Waals surface area contributed by atoms with Gasteiger partial charge >= 0.3 is 5.97 Å². The first-order valence-corrected chi connectivity index (χ1v) is 10.7. The Bertz CT molecular complexity index is 638. The van der Waals surface area contributed by atoms with Crippen molar-refractivity contribution in [2.45, 2.75) is 63.7 Å². The number of carbonyl (C=O) groups is 3. The lowest BCUT2D eigenvalue weighted by Crippen LogP contribution is -2.41. The highest BCUT2D eigenvalue weighted by molar-refractivity contribution is 7.99. The van der Waals surface area contributed by atoms with Crippen LogP contribution in [-0.2, 0) is 14.4 Å². The monoisotopic (exact) mass is 413 g/mol. The van der Waals surface area contributed by atoms with Gasteiger partial charge in [-0.05, 0) is 18.1 Å². The highest BCUT2D eigenvalue weighted by Gasteiger charge is 2.24. The summed E-state index contributed by atoms with van der Waals surface area (Å²) < 4.78 is 0. The molecule has 0 heterocycles. The first-order valence-electron chi connectivity index (χ1n) is 9.22. The van der Waals surface area contributed by atoms with Crippen LogP contribution in [0.4, 0.5) is 0 Å². The number of amides is 1. The van der Waals surface area contributed by atoms with Gasteiger partial charge in [0.1, 0.15) is 11.8 Å². The predicted molar refractivity (Wildman–Crippen MR) is 110 cm³/mol. The van der Waals surface area contributed by atoms with Gasteiger partial charge in [-0.1, -0.05) is 56.0 Å². The van der Waals surface area contributed by atoms with Crippen molar-refractivity contribution < 1.29 is 19.5 Å². The summed E-state index contributed by atoms with van der Waals surface area (Å²) in [7, 11) is 0. The molecule has 0 bridgehead atoms. The molecular weight excluding hydrogens is 386 g/mol. The molecule has 1 unspecified atom stereocenters. The molecule has 1 amide bonds. The highest BCUT2D eigenvalue weighted by Crippen LogP contribution is 2.37. The van der Waals surface area contributed by atoms with Crippen LogP contribution < -0.4 is 5.32 Å². The number of nitrogens with one attached hydrogen (secondary N) is 1. The maximum atomic E-state index is 12.4. The third kappa shape index (κ3) is 9.29. The minimum absolute atomic E-state index is 0.148. The molecule has 1 rings (SSSR count). The molecule has 5 nitrogen and oxygen atoms in total. The lowest BCUT2D eigenvalue weighted by Gasteiger charge is -2.20. The van der Waals surface area contributed by atoms with Crippen molar-refractivity contribution in [1.82, 2.24) is 5.32 Å². The molecule has 0 radical (unpaired) electrons. The molecule has 0 aliphatic rings. The molecule has 0 aromatic heterocycles. The van der Waals surface area contributed by atoms with E-state index in [1.807, 2.05) is 18.2 Å². The van der Waals surface area contributed by atoms with Gasteiger partial charge in [-0.2, -0.15) is 11.8 Å². The number of aliphatic carboxylic acids is 1. The maximum absolute atomic E-state index is 12.4. The Labute approximate surface area is 170 Å². The SMILES string of the molecule is CCCCCCC(=O)CC(SC[C@H](NC(C)=O)C(=O)O)c1ccccc1Cl. The van der Waals surface area contributed by atoms with Gasteiger partial charge in [0.2, 0.25) is 5.91 Å². The molecule has 0 aliphatic carbocycles. The van der Waals surface area contributed by atoms with Gasteiger partial charge in [0, 0.05) is 35.8 Å². The molecule has 0 spiro atoms. The average Bonchev–Trinajstić information content (AvgIpc) is 2.61. The van der Waals surface area contributed by atoms with Crippen LogP contribution in [0.5, 0.6) is 0 Å². The van der Waals surface area contributed by atoms with Crippen molar-refractivity contribution in [2.75, 3.05) is 5.75 Å². The second-order valence-corrected chi connectivity index (χ2v) is 8.13. The number of halogens is 1. The standard InChI is InChI=1S/C20H28ClNO4S/c1-3-4-5-6-9-15(24)12-19(16-10-7-8-11-17(16)21)27-13-18(20(25)26)22-14(2)23/h7-8,10-11,18-19H,3-6,9,12-13H2,1-2H3,(H,22,23)(H,25,26)/t18-,19?/m0/s1. The van der Waals surface area contributed by atoms with E-state index in [9.17, 15) is 19.5 Å². The number of hydrogen-bond acceptors (Lipinski definition) is 4. The summed E-state index contributed by atoms with van der Waals surface area (Å²) in [4.78, 5) is 35.0. The molecule has 0 fully saturated rings. The number of carboxylic acids is 1. The normalized spacial score (nSPS) is 13.0. The molecule has 1 aromatic carbocycles. The predicted octanol–water partition coefficient (Wildman–Crippen LogP) is 4.63. The quantitative estimate of drug-likeness (QED) is 0.460. The van der Waals surface area contributed by atoms with Gasteiger partial charge in [-0.15, -0.1) is 0 Å². The van der Waals surface area contributed by atoms with Gasteiger partial charge in [0.05, 0.1) is 0 Å². The summed E-state index contributed by atoms with van der Waals surface area (Å²) in [6.45, 7) is 3.41. The number of ketones is 1. The Morgan fingerprint density at radius 2 is 1.89 bits per heavy atom. The first-order chi connectivity index (χ1) is 12.8. The third-order valence-corrected chi connectivity index (χ3v) is 5.81. The molecule has 0 saturated carbocycles. The molecular formula is C20H28ClNO4S. The van der Waals surface area contributed by atoms with Gasteiger partial charge in [0.25, 0.3) is 0 Å². The van der Waals surface area contributed by atoms with Crippen LogP contribution >= 0.6 is 23.4 Å². The van der Waals surface area contributed by atoms with Crippen molar-refractivity contribution >= 4 is 41.0 Å². The number of unbranched alkanes of at least 4 members (excludes halogenated alkanes) is 3. The molecule has 2 atom stereocenters. The number of thioether (sulfide) groups is 1. The number of hydrogen-bond donors (Lipinski definition) is 2. The summed E-state index contributed by atoms with van der Waals surface area (Å²) in [6, 6.07) is 6.29. The number of carboxylic acid groups (broad SMARTS) is 1. The van der Waals surface area contributed by atoms with Crippen LogP contribution in [0.2, 0.25) is 5.02 Å². The van der Waals surface area contributed by atoms with E-state index in [4.69, 9.17) is 11.6 Å². The largest absolute Gasteiger partial charge is 0.480 e. The third-order valence-electron chi connectivity index (χ3n) is 4.11. The Hall–Kier alpha value is -1.53. The zero-order valence-electron chi connectivity index (χ0n) is 15.9. The Morgan fingerprint density at radius 3 is 2.48 bits per heavy atom. The molecule has 150 valence electrons. The summed E-state index contributed by atoms with van der Waals surface area (Å²) in [6.07, 6.45) is 4.97. The summed E-state index contributed by atoms with van der Waals surface area (Å²) in [5.74, 6) is -1.19. The number of Topliss-reactive ketones (excluding diaryl/α,β-unsaturated/α-hetero) is 1. The van der Waals surface area contributed by atoms with E-state index >= 15 is 0 Å². The smallest absolute Gasteiger partial charge is 0.327 e. The molecule has 0 aliphatic heterocycles. The Balaban J connectivity index is 2.79. The van der Waals surface area contributed by atoms with E-state index < -0.39 is 17.9 Å². The number of benzene rings is 1. The van der Waals surface area contributed by atoms with Crippen molar-refractivity contribution in [3.63, 3.8) is 0 Å². The van der Waals surface area contributed by atoms with Gasteiger partial charge < -0.3 is 10.4 Å². The van der Waals surface area contributed by atoms with E-state index in [1.54, 1.807) is 6.07 Å². The number of rotatable bonds is 13. The van der Waals surface area contributed by atoms with E-state index in [2.05, 4.69) is 12.2 Å². The fraction of sp³-hybridized carbons (Fsp3) is 0.550. The van der Waals surface area contributed by atoms with Crippen molar-refractivity contribution in [2.24, 2.45) is 0 Å². The summed E-state index contributed by atoms with van der Waals surface area (Å²) in [5, 5.41) is 12.0. The fourth-order valence-corrected chi connectivity index (χ4v) is 4.36. The zero-order valence-corrected chi connectivity index (χ0v) is 17.4. The highest BCUT2D eigenvalue weighted by atomic mass is 35.5. The molecule has 0 saturated heterocycles. The first kappa shape index (κ1) is 23.5. The van der Waals surface area contributed by atoms with E-state index in [1.165, 1.54) is 18.7 Å². The lowest BCUT2D eigenvalue weighted by atomic mass is 10.0. The van der Waals surface area contributed by atoms with Crippen LogP contribution in [0.1, 0.15) is 63.2 Å². The minimum Gasteiger partial charge on any atom is -0.480 e. The Morgan fingerprint density at radius 1 is 1.19 bits per heavy atom. The van der Waals surface area contributed by atoms with E-state index in [0.29, 0.717) is 17.9 Å². The zero-order chi connectivity index (χ0) is 20.2.